The minimum atomic E-state index is -0.709. The Bertz CT molecular complexity index is 697. The third-order valence-corrected chi connectivity index (χ3v) is 3.13. The number of carbonyl (C=O) groups excluding carboxylic acids is 1. The van der Waals surface area contributed by atoms with Crippen molar-refractivity contribution in [1.29, 1.82) is 0 Å². The van der Waals surface area contributed by atoms with Crippen molar-refractivity contribution in [3.63, 3.8) is 0 Å². The molecule has 0 spiro atoms. The molecule has 0 aliphatic rings. The first kappa shape index (κ1) is 16.9. The number of hydrogen-bond donors (Lipinski definition) is 1. The number of benzene rings is 1. The Labute approximate surface area is 139 Å². The summed E-state index contributed by atoms with van der Waals surface area (Å²) in [6.45, 7) is 1.63. The number of hydrogen-bond acceptors (Lipinski definition) is 5. The molecule has 0 bridgehead atoms. The molecule has 122 valence electrons. The molecular weight excluding hydrogens is 318 g/mol. The number of rotatable bonds is 6. The maximum absolute atomic E-state index is 11.9. The molecule has 1 atom stereocenters. The molecule has 0 aliphatic carbocycles. The maximum atomic E-state index is 11.9. The van der Waals surface area contributed by atoms with Crippen LogP contribution in [-0.2, 0) is 4.79 Å². The minimum absolute atomic E-state index is 0.374. The number of amides is 1. The van der Waals surface area contributed by atoms with Gasteiger partial charge in [-0.05, 0) is 31.2 Å². The molecule has 6 nitrogen and oxygen atoms in total. The van der Waals surface area contributed by atoms with Crippen molar-refractivity contribution in [3.05, 3.63) is 47.2 Å². The SMILES string of the molecule is C[C@@H](Oc1cccc(Cl)c1)C(=O)N/N=C\c1ccc(N(C)C)o1. The van der Waals surface area contributed by atoms with Crippen LogP contribution in [0, 0.1) is 0 Å². The number of ether oxygens (including phenoxy) is 1. The van der Waals surface area contributed by atoms with Crippen molar-refractivity contribution < 1.29 is 13.9 Å². The highest BCUT2D eigenvalue weighted by Gasteiger charge is 2.14. The summed E-state index contributed by atoms with van der Waals surface area (Å²) in [5.74, 6) is 1.39. The van der Waals surface area contributed by atoms with E-state index in [2.05, 4.69) is 10.5 Å². The summed E-state index contributed by atoms with van der Waals surface area (Å²) >= 11 is 5.87. The third kappa shape index (κ3) is 5.03. The molecule has 0 fully saturated rings. The van der Waals surface area contributed by atoms with E-state index in [0.717, 1.165) is 0 Å². The monoisotopic (exact) mass is 335 g/mol. The molecule has 7 heteroatoms. The van der Waals surface area contributed by atoms with Gasteiger partial charge in [-0.3, -0.25) is 4.79 Å². The summed E-state index contributed by atoms with van der Waals surface area (Å²) in [5, 5.41) is 4.40. The molecule has 0 saturated heterocycles. The Kier molecular flexibility index (Phi) is 5.65. The fourth-order valence-corrected chi connectivity index (χ4v) is 1.88. The van der Waals surface area contributed by atoms with Gasteiger partial charge in [-0.15, -0.1) is 0 Å². The van der Waals surface area contributed by atoms with Crippen molar-refractivity contribution in [2.24, 2.45) is 5.10 Å². The van der Waals surface area contributed by atoms with Gasteiger partial charge in [0.2, 0.25) is 0 Å². The van der Waals surface area contributed by atoms with E-state index in [1.54, 1.807) is 37.3 Å². The molecule has 2 rings (SSSR count). The van der Waals surface area contributed by atoms with Crippen LogP contribution in [0.4, 0.5) is 5.88 Å². The van der Waals surface area contributed by atoms with Crippen LogP contribution in [0.1, 0.15) is 12.7 Å². The Hall–Kier alpha value is -2.47. The van der Waals surface area contributed by atoms with Gasteiger partial charge in [-0.1, -0.05) is 17.7 Å². The molecule has 0 radical (unpaired) electrons. The number of hydrazone groups is 1. The molecule has 1 heterocycles. The second-order valence-corrected chi connectivity index (χ2v) is 5.46. The largest absolute Gasteiger partial charge is 0.481 e. The van der Waals surface area contributed by atoms with Crippen molar-refractivity contribution in [2.45, 2.75) is 13.0 Å². The number of nitrogens with one attached hydrogen (secondary N) is 1. The Morgan fingerprint density at radius 3 is 2.83 bits per heavy atom. The molecule has 0 aliphatic heterocycles. The smallest absolute Gasteiger partial charge is 0.280 e. The number of carbonyl (C=O) groups is 1. The molecule has 0 saturated carbocycles. The van der Waals surface area contributed by atoms with Crippen molar-refractivity contribution in [1.82, 2.24) is 5.43 Å². The molecule has 1 amide bonds. The number of furan rings is 1. The van der Waals surface area contributed by atoms with E-state index < -0.39 is 6.10 Å². The van der Waals surface area contributed by atoms with Gasteiger partial charge in [0.25, 0.3) is 5.91 Å². The fraction of sp³-hybridized carbons (Fsp3) is 0.250. The lowest BCUT2D eigenvalue weighted by atomic mass is 10.3. The normalized spacial score (nSPS) is 12.2. The summed E-state index contributed by atoms with van der Waals surface area (Å²) in [6.07, 6.45) is 0.719. The predicted molar refractivity (Wildman–Crippen MR) is 90.3 cm³/mol. The van der Waals surface area contributed by atoms with E-state index in [4.69, 9.17) is 20.8 Å². The average Bonchev–Trinajstić information content (AvgIpc) is 2.96. The topological polar surface area (TPSA) is 67.1 Å². The Morgan fingerprint density at radius 1 is 1.39 bits per heavy atom. The zero-order valence-corrected chi connectivity index (χ0v) is 13.9. The summed E-state index contributed by atoms with van der Waals surface area (Å²) in [5.41, 5.74) is 2.40. The van der Waals surface area contributed by atoms with Gasteiger partial charge in [0, 0.05) is 25.2 Å². The second kappa shape index (κ2) is 7.69. The Balaban J connectivity index is 1.86. The van der Waals surface area contributed by atoms with E-state index >= 15 is 0 Å². The summed E-state index contributed by atoms with van der Waals surface area (Å²) < 4.78 is 11.0. The fourth-order valence-electron chi connectivity index (χ4n) is 1.70. The number of halogens is 1. The second-order valence-electron chi connectivity index (χ2n) is 5.02. The van der Waals surface area contributed by atoms with Crippen LogP contribution in [-0.4, -0.2) is 32.3 Å². The zero-order chi connectivity index (χ0) is 16.8. The van der Waals surface area contributed by atoms with Crippen LogP contribution in [0.5, 0.6) is 5.75 Å². The highest BCUT2D eigenvalue weighted by atomic mass is 35.5. The third-order valence-electron chi connectivity index (χ3n) is 2.90. The van der Waals surface area contributed by atoms with Gasteiger partial charge < -0.3 is 14.1 Å². The van der Waals surface area contributed by atoms with Crippen LogP contribution in [0.2, 0.25) is 5.02 Å². The van der Waals surface area contributed by atoms with E-state index in [-0.39, 0.29) is 5.91 Å². The van der Waals surface area contributed by atoms with E-state index in [1.807, 2.05) is 25.1 Å². The predicted octanol–water partition coefficient (Wildman–Crippen LogP) is 2.92. The van der Waals surface area contributed by atoms with Crippen LogP contribution in [0.25, 0.3) is 0 Å². The summed E-state index contributed by atoms with van der Waals surface area (Å²) in [4.78, 5) is 13.7. The summed E-state index contributed by atoms with van der Waals surface area (Å²) in [6, 6.07) is 10.4. The molecule has 1 N–H and O–H groups in total. The number of anilines is 1. The first-order valence-corrected chi connectivity index (χ1v) is 7.36. The first-order chi connectivity index (χ1) is 11.0. The lowest BCUT2D eigenvalue weighted by Crippen LogP contribution is -2.33. The first-order valence-electron chi connectivity index (χ1n) is 6.98. The molecular formula is C16H18ClN3O3. The van der Waals surface area contributed by atoms with Gasteiger partial charge in [0.15, 0.2) is 12.0 Å². The lowest BCUT2D eigenvalue weighted by molar-refractivity contribution is -0.127. The standard InChI is InChI=1S/C16H18ClN3O3/c1-11(22-13-6-4-5-12(17)9-13)16(21)19-18-10-14-7-8-15(23-14)20(2)3/h4-11H,1-3H3,(H,19,21)/b18-10-/t11-/m1/s1. The zero-order valence-electron chi connectivity index (χ0n) is 13.1. The van der Waals surface area contributed by atoms with Crippen LogP contribution < -0.4 is 15.1 Å². The molecule has 23 heavy (non-hydrogen) atoms. The van der Waals surface area contributed by atoms with Crippen molar-refractivity contribution in [3.8, 4) is 5.75 Å². The highest BCUT2D eigenvalue weighted by Crippen LogP contribution is 2.18. The summed E-state index contributed by atoms with van der Waals surface area (Å²) in [7, 11) is 3.74. The molecule has 1 aromatic heterocycles. The molecule has 2 aromatic rings. The highest BCUT2D eigenvalue weighted by molar-refractivity contribution is 6.30. The van der Waals surface area contributed by atoms with Crippen LogP contribution in [0.15, 0.2) is 45.9 Å². The van der Waals surface area contributed by atoms with Gasteiger partial charge in [0.1, 0.15) is 11.5 Å². The van der Waals surface area contributed by atoms with E-state index in [0.29, 0.717) is 22.4 Å². The van der Waals surface area contributed by atoms with Crippen molar-refractivity contribution >= 4 is 29.6 Å². The maximum Gasteiger partial charge on any atom is 0.280 e. The molecule has 0 unspecified atom stereocenters. The molecule has 1 aromatic carbocycles. The average molecular weight is 336 g/mol. The Morgan fingerprint density at radius 2 is 2.17 bits per heavy atom. The van der Waals surface area contributed by atoms with Gasteiger partial charge in [-0.2, -0.15) is 5.10 Å². The quantitative estimate of drug-likeness (QED) is 0.651. The van der Waals surface area contributed by atoms with E-state index in [1.165, 1.54) is 6.21 Å². The van der Waals surface area contributed by atoms with Gasteiger partial charge in [-0.25, -0.2) is 5.43 Å². The van der Waals surface area contributed by atoms with Crippen LogP contribution in [0.3, 0.4) is 0 Å². The van der Waals surface area contributed by atoms with Gasteiger partial charge in [0.05, 0.1) is 6.21 Å². The van der Waals surface area contributed by atoms with Crippen molar-refractivity contribution in [2.75, 3.05) is 19.0 Å². The minimum Gasteiger partial charge on any atom is -0.481 e. The van der Waals surface area contributed by atoms with Gasteiger partial charge >= 0.3 is 0 Å². The lowest BCUT2D eigenvalue weighted by Gasteiger charge is -2.12. The van der Waals surface area contributed by atoms with E-state index in [9.17, 15) is 4.79 Å². The number of nitrogens with zero attached hydrogens (tertiary/aromatic N) is 2. The van der Waals surface area contributed by atoms with Crippen LogP contribution >= 0.6 is 11.6 Å².